The first-order valence-corrected chi connectivity index (χ1v) is 8.38. The van der Waals surface area contributed by atoms with Crippen LogP contribution < -0.4 is 5.43 Å². The van der Waals surface area contributed by atoms with Crippen LogP contribution in [0.15, 0.2) is 47.4 Å². The van der Waals surface area contributed by atoms with E-state index in [-0.39, 0.29) is 17.3 Å². The third-order valence-corrected chi connectivity index (χ3v) is 4.35. The van der Waals surface area contributed by atoms with Gasteiger partial charge in [-0.2, -0.15) is 0 Å². The second-order valence-corrected chi connectivity index (χ2v) is 6.46. The molecule has 1 aliphatic rings. The van der Waals surface area contributed by atoms with Gasteiger partial charge in [0, 0.05) is 38.0 Å². The summed E-state index contributed by atoms with van der Waals surface area (Å²) >= 11 is 0. The minimum atomic E-state index is -0.332. The number of rotatable bonds is 6. The maximum atomic E-state index is 11.9. The largest absolute Gasteiger partial charge is 0.503 e. The molecule has 1 aromatic heterocycles. The summed E-state index contributed by atoms with van der Waals surface area (Å²) in [5.74, 6) is -0.206. The van der Waals surface area contributed by atoms with Gasteiger partial charge < -0.3 is 14.4 Å². The molecule has 5 heteroatoms. The molecule has 1 unspecified atom stereocenters. The lowest BCUT2D eigenvalue weighted by atomic mass is 10.2. The van der Waals surface area contributed by atoms with E-state index in [9.17, 15) is 9.90 Å². The third kappa shape index (κ3) is 4.24. The summed E-state index contributed by atoms with van der Waals surface area (Å²) in [6.07, 6.45) is 3.78. The first-order chi connectivity index (χ1) is 11.6. The Kier molecular flexibility index (Phi) is 5.33. The molecule has 2 aromatic rings. The van der Waals surface area contributed by atoms with E-state index in [1.165, 1.54) is 17.8 Å². The quantitative estimate of drug-likeness (QED) is 0.884. The summed E-state index contributed by atoms with van der Waals surface area (Å²) in [6.45, 7) is 2.90. The highest BCUT2D eigenvalue weighted by molar-refractivity contribution is 5.21. The maximum absolute atomic E-state index is 11.9. The predicted molar refractivity (Wildman–Crippen MR) is 93.0 cm³/mol. The zero-order chi connectivity index (χ0) is 16.9. The zero-order valence-corrected chi connectivity index (χ0v) is 14.0. The Morgan fingerprint density at radius 2 is 2.08 bits per heavy atom. The molecule has 3 rings (SSSR count). The van der Waals surface area contributed by atoms with Gasteiger partial charge in [-0.1, -0.05) is 30.3 Å². The van der Waals surface area contributed by atoms with E-state index in [2.05, 4.69) is 17.0 Å². The van der Waals surface area contributed by atoms with Crippen LogP contribution in [0, 0.1) is 0 Å². The van der Waals surface area contributed by atoms with Crippen molar-refractivity contribution in [2.45, 2.75) is 38.6 Å². The normalized spacial score (nSPS) is 17.5. The van der Waals surface area contributed by atoms with Crippen LogP contribution in [-0.4, -0.2) is 34.3 Å². The van der Waals surface area contributed by atoms with Gasteiger partial charge in [0.2, 0.25) is 5.43 Å². The van der Waals surface area contributed by atoms with Crippen LogP contribution in [-0.2, 0) is 24.4 Å². The second-order valence-electron chi connectivity index (χ2n) is 6.46. The third-order valence-electron chi connectivity index (χ3n) is 4.35. The zero-order valence-electron chi connectivity index (χ0n) is 14.0. The lowest BCUT2D eigenvalue weighted by Gasteiger charge is -2.22. The molecule has 0 bridgehead atoms. The molecule has 24 heavy (non-hydrogen) atoms. The van der Waals surface area contributed by atoms with Crippen molar-refractivity contribution in [1.82, 2.24) is 9.47 Å². The van der Waals surface area contributed by atoms with E-state index in [0.29, 0.717) is 13.1 Å². The average Bonchev–Trinajstić information content (AvgIpc) is 3.06. The fraction of sp³-hybridized carbons (Fsp3) is 0.421. The molecular formula is C19H24N2O3. The van der Waals surface area contributed by atoms with Gasteiger partial charge in [-0.05, 0) is 25.5 Å². The molecular weight excluding hydrogens is 304 g/mol. The monoisotopic (exact) mass is 328 g/mol. The van der Waals surface area contributed by atoms with Crippen LogP contribution in [0.1, 0.15) is 24.1 Å². The smallest absolute Gasteiger partial charge is 0.223 e. The highest BCUT2D eigenvalue weighted by Gasteiger charge is 2.18. The summed E-state index contributed by atoms with van der Waals surface area (Å²) in [5.41, 5.74) is 1.79. The number of benzene rings is 1. The molecule has 2 heterocycles. The number of aromatic nitrogens is 1. The van der Waals surface area contributed by atoms with Crippen LogP contribution >= 0.6 is 0 Å². The summed E-state index contributed by atoms with van der Waals surface area (Å²) in [6, 6.07) is 11.8. The van der Waals surface area contributed by atoms with Gasteiger partial charge in [-0.15, -0.1) is 0 Å². The highest BCUT2D eigenvalue weighted by atomic mass is 16.5. The number of ether oxygens (including phenoxy) is 1. The standard InChI is InChI=1S/C19H24N2O3/c1-20(11-15-6-3-2-4-7-15)12-16-10-18(22)19(23)14-21(16)13-17-8-5-9-24-17/h2-4,6-7,10,14,17,23H,5,8-9,11-13H2,1H3. The van der Waals surface area contributed by atoms with Crippen molar-refractivity contribution in [3.8, 4) is 5.75 Å². The van der Waals surface area contributed by atoms with Gasteiger partial charge in [0.05, 0.1) is 12.3 Å². The molecule has 1 saturated heterocycles. The molecule has 1 aliphatic heterocycles. The Balaban J connectivity index is 1.75. The van der Waals surface area contributed by atoms with E-state index in [1.54, 1.807) is 0 Å². The summed E-state index contributed by atoms with van der Waals surface area (Å²) < 4.78 is 7.64. The van der Waals surface area contributed by atoms with Crippen molar-refractivity contribution < 1.29 is 9.84 Å². The highest BCUT2D eigenvalue weighted by Crippen LogP contribution is 2.17. The fourth-order valence-electron chi connectivity index (χ4n) is 3.14. The first-order valence-electron chi connectivity index (χ1n) is 8.38. The molecule has 1 aromatic carbocycles. The number of pyridine rings is 1. The molecule has 1 fully saturated rings. The molecule has 0 spiro atoms. The first kappa shape index (κ1) is 16.7. The van der Waals surface area contributed by atoms with E-state index < -0.39 is 0 Å². The number of nitrogens with zero attached hydrogens (tertiary/aromatic N) is 2. The average molecular weight is 328 g/mol. The molecule has 0 saturated carbocycles. The lowest BCUT2D eigenvalue weighted by molar-refractivity contribution is 0.0953. The van der Waals surface area contributed by atoms with E-state index >= 15 is 0 Å². The SMILES string of the molecule is CN(Cc1ccccc1)Cc1cc(=O)c(O)cn1CC1CCCO1. The van der Waals surface area contributed by atoms with E-state index in [4.69, 9.17) is 4.74 Å². The second kappa shape index (κ2) is 7.64. The number of hydrogen-bond donors (Lipinski definition) is 1. The molecule has 1 N–H and O–H groups in total. The van der Waals surface area contributed by atoms with Crippen molar-refractivity contribution in [3.05, 3.63) is 64.1 Å². The summed E-state index contributed by atoms with van der Waals surface area (Å²) in [4.78, 5) is 14.0. The van der Waals surface area contributed by atoms with Crippen molar-refractivity contribution >= 4 is 0 Å². The van der Waals surface area contributed by atoms with E-state index in [0.717, 1.165) is 31.7 Å². The number of hydrogen-bond acceptors (Lipinski definition) is 4. The predicted octanol–water partition coefficient (Wildman–Crippen LogP) is 2.36. The Bertz CT molecular complexity index is 721. The molecule has 128 valence electrons. The Morgan fingerprint density at radius 3 is 2.79 bits per heavy atom. The van der Waals surface area contributed by atoms with Crippen molar-refractivity contribution in [1.29, 1.82) is 0 Å². The van der Waals surface area contributed by atoms with Crippen molar-refractivity contribution in [3.63, 3.8) is 0 Å². The van der Waals surface area contributed by atoms with Gasteiger partial charge in [0.15, 0.2) is 5.75 Å². The van der Waals surface area contributed by atoms with Crippen LogP contribution in [0.4, 0.5) is 0 Å². The van der Waals surface area contributed by atoms with Crippen LogP contribution in [0.2, 0.25) is 0 Å². The van der Waals surface area contributed by atoms with Crippen LogP contribution in [0.3, 0.4) is 0 Å². The van der Waals surface area contributed by atoms with Gasteiger partial charge in [-0.25, -0.2) is 0 Å². The van der Waals surface area contributed by atoms with Crippen molar-refractivity contribution in [2.75, 3.05) is 13.7 Å². The fourth-order valence-corrected chi connectivity index (χ4v) is 3.14. The molecule has 5 nitrogen and oxygen atoms in total. The molecule has 0 aliphatic carbocycles. The summed E-state index contributed by atoms with van der Waals surface area (Å²) in [7, 11) is 2.03. The van der Waals surface area contributed by atoms with Gasteiger partial charge in [0.1, 0.15) is 0 Å². The maximum Gasteiger partial charge on any atom is 0.223 e. The van der Waals surface area contributed by atoms with Crippen LogP contribution in [0.25, 0.3) is 0 Å². The van der Waals surface area contributed by atoms with Gasteiger partial charge in [0.25, 0.3) is 0 Å². The van der Waals surface area contributed by atoms with Crippen LogP contribution in [0.5, 0.6) is 5.75 Å². The minimum absolute atomic E-state index is 0.157. The summed E-state index contributed by atoms with van der Waals surface area (Å²) in [5, 5.41) is 9.78. The molecule has 0 amide bonds. The Morgan fingerprint density at radius 1 is 1.29 bits per heavy atom. The Hall–Kier alpha value is -2.11. The topological polar surface area (TPSA) is 54.7 Å². The Labute approximate surface area is 142 Å². The molecule has 1 atom stereocenters. The van der Waals surface area contributed by atoms with Gasteiger partial charge in [-0.3, -0.25) is 9.69 Å². The van der Waals surface area contributed by atoms with Gasteiger partial charge >= 0.3 is 0 Å². The molecule has 0 radical (unpaired) electrons. The number of aromatic hydroxyl groups is 1. The minimum Gasteiger partial charge on any atom is -0.503 e. The lowest BCUT2D eigenvalue weighted by Crippen LogP contribution is -2.25. The van der Waals surface area contributed by atoms with E-state index in [1.807, 2.05) is 29.8 Å². The van der Waals surface area contributed by atoms with Crippen molar-refractivity contribution in [2.24, 2.45) is 0 Å².